The largest absolute Gasteiger partial charge is 0.480 e. The highest BCUT2D eigenvalue weighted by molar-refractivity contribution is 7.13. The second kappa shape index (κ2) is 4.79. The fourth-order valence-electron chi connectivity index (χ4n) is 2.16. The minimum atomic E-state index is -0.764. The number of aliphatic carboxylic acids is 1. The zero-order valence-corrected chi connectivity index (χ0v) is 11.1. The van der Waals surface area contributed by atoms with Gasteiger partial charge in [-0.25, -0.2) is 4.98 Å². The Kier molecular flexibility index (Phi) is 3.12. The van der Waals surface area contributed by atoms with Crippen LogP contribution in [-0.4, -0.2) is 21.6 Å². The highest BCUT2D eigenvalue weighted by Gasteiger charge is 2.43. The molecule has 0 radical (unpaired) electrons. The molecule has 2 heterocycles. The fraction of sp³-hybridized carbons (Fsp3) is 0.385. The topological polar surface area (TPSA) is 75.4 Å². The van der Waals surface area contributed by atoms with Crippen molar-refractivity contribution in [2.45, 2.75) is 31.3 Å². The number of carboxylic acids is 1. The van der Waals surface area contributed by atoms with Gasteiger partial charge in [-0.2, -0.15) is 0 Å². The van der Waals surface area contributed by atoms with Crippen molar-refractivity contribution in [2.24, 2.45) is 0 Å². The van der Waals surface area contributed by atoms with Gasteiger partial charge in [0.15, 0.2) is 10.8 Å². The van der Waals surface area contributed by atoms with Crippen molar-refractivity contribution in [3.8, 4) is 10.8 Å². The van der Waals surface area contributed by atoms with E-state index in [2.05, 4.69) is 10.3 Å². The standard InChI is InChI=1S/C13H14N2O3S/c16-12(17)13(4-2-5-13)14-7-9-8-19-11(15-9)10-3-1-6-18-10/h1,3,6,8,14H,2,4-5,7H2,(H,16,17). The molecule has 1 fully saturated rings. The third-order valence-electron chi connectivity index (χ3n) is 3.51. The molecular formula is C13H14N2O3S. The molecular weight excluding hydrogens is 264 g/mol. The molecule has 6 heteroatoms. The van der Waals surface area contributed by atoms with Crippen molar-refractivity contribution in [1.82, 2.24) is 10.3 Å². The van der Waals surface area contributed by atoms with Crippen molar-refractivity contribution in [1.29, 1.82) is 0 Å². The summed E-state index contributed by atoms with van der Waals surface area (Å²) in [5.74, 6) is -0.0203. The van der Waals surface area contributed by atoms with Crippen LogP contribution in [0, 0.1) is 0 Å². The lowest BCUT2D eigenvalue weighted by Crippen LogP contribution is -2.56. The summed E-state index contributed by atoms with van der Waals surface area (Å²) in [6.07, 6.45) is 3.96. The van der Waals surface area contributed by atoms with Crippen LogP contribution in [0.2, 0.25) is 0 Å². The lowest BCUT2D eigenvalue weighted by atomic mass is 9.77. The smallest absolute Gasteiger partial charge is 0.323 e. The monoisotopic (exact) mass is 278 g/mol. The van der Waals surface area contributed by atoms with Gasteiger partial charge in [0.2, 0.25) is 0 Å². The van der Waals surface area contributed by atoms with Crippen LogP contribution in [0.3, 0.4) is 0 Å². The Bertz CT molecular complexity index is 572. The van der Waals surface area contributed by atoms with Crippen molar-refractivity contribution < 1.29 is 14.3 Å². The Balaban J connectivity index is 1.66. The second-order valence-corrected chi connectivity index (χ2v) is 5.57. The molecule has 0 aromatic carbocycles. The van der Waals surface area contributed by atoms with E-state index in [4.69, 9.17) is 4.42 Å². The summed E-state index contributed by atoms with van der Waals surface area (Å²) in [5, 5.41) is 15.1. The number of thiazole rings is 1. The number of nitrogens with one attached hydrogen (secondary N) is 1. The first-order valence-electron chi connectivity index (χ1n) is 6.16. The quantitative estimate of drug-likeness (QED) is 0.879. The van der Waals surface area contributed by atoms with Crippen LogP contribution < -0.4 is 5.32 Å². The summed E-state index contributed by atoms with van der Waals surface area (Å²) in [6, 6.07) is 3.68. The summed E-state index contributed by atoms with van der Waals surface area (Å²) in [7, 11) is 0. The number of carboxylic acid groups (broad SMARTS) is 1. The fourth-order valence-corrected chi connectivity index (χ4v) is 2.94. The number of nitrogens with zero attached hydrogens (tertiary/aromatic N) is 1. The second-order valence-electron chi connectivity index (χ2n) is 4.72. The number of furan rings is 1. The van der Waals surface area contributed by atoms with Gasteiger partial charge in [0.25, 0.3) is 0 Å². The zero-order chi connectivity index (χ0) is 13.3. The lowest BCUT2D eigenvalue weighted by molar-refractivity contribution is -0.148. The molecule has 0 saturated heterocycles. The highest BCUT2D eigenvalue weighted by Crippen LogP contribution is 2.32. The highest BCUT2D eigenvalue weighted by atomic mass is 32.1. The van der Waals surface area contributed by atoms with Crippen LogP contribution in [0.4, 0.5) is 0 Å². The molecule has 0 bridgehead atoms. The Morgan fingerprint density at radius 1 is 1.58 bits per heavy atom. The van der Waals surface area contributed by atoms with Gasteiger partial charge in [-0.3, -0.25) is 10.1 Å². The molecule has 2 N–H and O–H groups in total. The van der Waals surface area contributed by atoms with Crippen molar-refractivity contribution in [2.75, 3.05) is 0 Å². The molecule has 5 nitrogen and oxygen atoms in total. The van der Waals surface area contributed by atoms with E-state index in [0.29, 0.717) is 19.4 Å². The van der Waals surface area contributed by atoms with Gasteiger partial charge in [-0.05, 0) is 31.4 Å². The Morgan fingerprint density at radius 2 is 2.42 bits per heavy atom. The first kappa shape index (κ1) is 12.4. The van der Waals surface area contributed by atoms with Gasteiger partial charge in [-0.15, -0.1) is 11.3 Å². The maximum atomic E-state index is 11.2. The minimum absolute atomic E-state index is 0.476. The molecule has 3 rings (SSSR count). The third kappa shape index (κ3) is 2.29. The zero-order valence-electron chi connectivity index (χ0n) is 10.3. The average molecular weight is 278 g/mol. The van der Waals surface area contributed by atoms with Gasteiger partial charge in [0.05, 0.1) is 12.0 Å². The summed E-state index contributed by atoms with van der Waals surface area (Å²) in [4.78, 5) is 15.7. The number of hydrogen-bond donors (Lipinski definition) is 2. The Morgan fingerprint density at radius 3 is 3.00 bits per heavy atom. The van der Waals surface area contributed by atoms with E-state index >= 15 is 0 Å². The van der Waals surface area contributed by atoms with E-state index in [9.17, 15) is 9.90 Å². The van der Waals surface area contributed by atoms with Crippen molar-refractivity contribution in [3.05, 3.63) is 29.5 Å². The first-order chi connectivity index (χ1) is 9.20. The molecule has 0 atom stereocenters. The van der Waals surface area contributed by atoms with Gasteiger partial charge in [0.1, 0.15) is 5.54 Å². The van der Waals surface area contributed by atoms with E-state index < -0.39 is 11.5 Å². The Hall–Kier alpha value is -1.66. The maximum absolute atomic E-state index is 11.2. The SMILES string of the molecule is O=C(O)C1(NCc2csc(-c3ccco3)n2)CCC1. The van der Waals surface area contributed by atoms with Crippen LogP contribution in [0.25, 0.3) is 10.8 Å². The first-order valence-corrected chi connectivity index (χ1v) is 7.04. The van der Waals surface area contributed by atoms with Crippen molar-refractivity contribution in [3.63, 3.8) is 0 Å². The molecule has 0 amide bonds. The van der Waals surface area contributed by atoms with Crippen LogP contribution >= 0.6 is 11.3 Å². The van der Waals surface area contributed by atoms with Crippen LogP contribution in [-0.2, 0) is 11.3 Å². The van der Waals surface area contributed by atoms with Gasteiger partial charge < -0.3 is 9.52 Å². The number of rotatable bonds is 5. The molecule has 0 aliphatic heterocycles. The van der Waals surface area contributed by atoms with E-state index in [1.54, 1.807) is 6.26 Å². The molecule has 0 spiro atoms. The lowest BCUT2D eigenvalue weighted by Gasteiger charge is -2.38. The van der Waals surface area contributed by atoms with Crippen LogP contribution in [0.15, 0.2) is 28.2 Å². The molecule has 0 unspecified atom stereocenters. The molecule has 19 heavy (non-hydrogen) atoms. The van der Waals surface area contributed by atoms with Crippen molar-refractivity contribution >= 4 is 17.3 Å². The maximum Gasteiger partial charge on any atom is 0.323 e. The number of hydrogen-bond acceptors (Lipinski definition) is 5. The average Bonchev–Trinajstić information content (AvgIpc) is 2.97. The number of aromatic nitrogens is 1. The molecule has 1 aliphatic carbocycles. The summed E-state index contributed by atoms with van der Waals surface area (Å²) < 4.78 is 5.28. The molecule has 2 aromatic rings. The van der Waals surface area contributed by atoms with Gasteiger partial charge in [-0.1, -0.05) is 0 Å². The van der Waals surface area contributed by atoms with E-state index in [-0.39, 0.29) is 0 Å². The molecule has 1 aliphatic rings. The molecule has 1 saturated carbocycles. The van der Waals surface area contributed by atoms with E-state index in [0.717, 1.165) is 22.9 Å². The van der Waals surface area contributed by atoms with E-state index in [1.165, 1.54) is 11.3 Å². The van der Waals surface area contributed by atoms with Crippen LogP contribution in [0.5, 0.6) is 0 Å². The van der Waals surface area contributed by atoms with Gasteiger partial charge >= 0.3 is 5.97 Å². The molecule has 2 aromatic heterocycles. The predicted molar refractivity (Wildman–Crippen MR) is 70.9 cm³/mol. The normalized spacial score (nSPS) is 17.1. The van der Waals surface area contributed by atoms with E-state index in [1.807, 2.05) is 17.5 Å². The minimum Gasteiger partial charge on any atom is -0.480 e. The number of carbonyl (C=O) groups is 1. The Labute approximate surface area is 114 Å². The predicted octanol–water partition coefficient (Wildman–Crippen LogP) is 2.50. The summed E-state index contributed by atoms with van der Waals surface area (Å²) in [5.41, 5.74) is 0.109. The van der Waals surface area contributed by atoms with Gasteiger partial charge in [0, 0.05) is 11.9 Å². The third-order valence-corrected chi connectivity index (χ3v) is 4.41. The summed E-state index contributed by atoms with van der Waals surface area (Å²) in [6.45, 7) is 0.476. The van der Waals surface area contributed by atoms with Crippen LogP contribution in [0.1, 0.15) is 25.0 Å². The summed E-state index contributed by atoms with van der Waals surface area (Å²) >= 11 is 1.50. The molecule has 100 valence electrons.